The number of aromatic carboxylic acids is 1. The van der Waals surface area contributed by atoms with E-state index in [0.29, 0.717) is 11.3 Å². The molecule has 1 aromatic carbocycles. The Morgan fingerprint density at radius 2 is 1.94 bits per heavy atom. The minimum atomic E-state index is -1.21. The molecule has 2 rings (SSSR count). The molecule has 0 fully saturated rings. The summed E-state index contributed by atoms with van der Waals surface area (Å²) in [5, 5.41) is 17.8. The zero-order chi connectivity index (χ0) is 13.1. The zero-order valence-corrected chi connectivity index (χ0v) is 9.37. The van der Waals surface area contributed by atoms with Gasteiger partial charge in [-0.05, 0) is 5.56 Å². The number of aromatic nitrogens is 2. The minimum absolute atomic E-state index is 0.0475. The number of nitrogens with zero attached hydrogens (tertiary/aromatic N) is 2. The molecule has 92 valence electrons. The topological polar surface area (TPSA) is 109 Å². The van der Waals surface area contributed by atoms with Crippen LogP contribution in [0.25, 0.3) is 11.3 Å². The lowest BCUT2D eigenvalue weighted by molar-refractivity contribution is 0.0691. The Morgan fingerprint density at radius 3 is 2.50 bits per heavy atom. The molecule has 0 radical (unpaired) electrons. The van der Waals surface area contributed by atoms with Crippen molar-refractivity contribution in [3.05, 3.63) is 41.7 Å². The van der Waals surface area contributed by atoms with Crippen molar-refractivity contribution in [3.63, 3.8) is 0 Å². The summed E-state index contributed by atoms with van der Waals surface area (Å²) in [6.07, 6.45) is 1.41. The molecule has 2 aromatic rings. The van der Waals surface area contributed by atoms with E-state index in [4.69, 9.17) is 15.9 Å². The van der Waals surface area contributed by atoms with E-state index in [2.05, 4.69) is 9.97 Å². The van der Waals surface area contributed by atoms with Crippen molar-refractivity contribution in [3.8, 4) is 11.3 Å². The first kappa shape index (κ1) is 12.0. The predicted molar refractivity (Wildman–Crippen MR) is 64.8 cm³/mol. The van der Waals surface area contributed by atoms with Gasteiger partial charge in [0.25, 0.3) is 0 Å². The van der Waals surface area contributed by atoms with Crippen LogP contribution in [0.1, 0.15) is 16.1 Å². The second-order valence-electron chi connectivity index (χ2n) is 3.65. The summed E-state index contributed by atoms with van der Waals surface area (Å²) >= 11 is 0. The Balaban J connectivity index is 2.44. The second kappa shape index (κ2) is 4.80. The molecule has 0 unspecified atom stereocenters. The van der Waals surface area contributed by atoms with Crippen molar-refractivity contribution in [2.75, 3.05) is 5.73 Å². The number of aliphatic hydroxyl groups is 1. The molecule has 0 saturated heterocycles. The minimum Gasteiger partial charge on any atom is -0.476 e. The van der Waals surface area contributed by atoms with Crippen molar-refractivity contribution >= 4 is 11.8 Å². The molecule has 0 amide bonds. The van der Waals surface area contributed by atoms with Crippen molar-refractivity contribution < 1.29 is 15.0 Å². The van der Waals surface area contributed by atoms with Crippen LogP contribution in [0.2, 0.25) is 0 Å². The monoisotopic (exact) mass is 245 g/mol. The highest BCUT2D eigenvalue weighted by Gasteiger charge is 2.12. The quantitative estimate of drug-likeness (QED) is 0.741. The molecule has 0 aliphatic carbocycles. The van der Waals surface area contributed by atoms with Crippen LogP contribution in [-0.2, 0) is 6.61 Å². The molecule has 0 saturated carbocycles. The number of carbonyl (C=O) groups is 1. The molecule has 0 atom stereocenters. The molecule has 6 nitrogen and oxygen atoms in total. The Kier molecular flexibility index (Phi) is 3.20. The summed E-state index contributed by atoms with van der Waals surface area (Å²) in [7, 11) is 0. The van der Waals surface area contributed by atoms with Crippen LogP contribution in [0.5, 0.6) is 0 Å². The van der Waals surface area contributed by atoms with Crippen molar-refractivity contribution in [1.29, 1.82) is 0 Å². The molecule has 1 aromatic heterocycles. The largest absolute Gasteiger partial charge is 0.476 e. The summed E-state index contributed by atoms with van der Waals surface area (Å²) < 4.78 is 0. The average Bonchev–Trinajstić information content (AvgIpc) is 2.39. The fourth-order valence-electron chi connectivity index (χ4n) is 1.48. The molecule has 6 heteroatoms. The Labute approximate surface area is 103 Å². The lowest BCUT2D eigenvalue weighted by Crippen LogP contribution is -2.08. The zero-order valence-electron chi connectivity index (χ0n) is 9.37. The van der Waals surface area contributed by atoms with Gasteiger partial charge in [0.2, 0.25) is 0 Å². The van der Waals surface area contributed by atoms with E-state index in [1.807, 2.05) is 0 Å². The van der Waals surface area contributed by atoms with Gasteiger partial charge in [0.05, 0.1) is 18.5 Å². The normalized spacial score (nSPS) is 10.3. The first-order valence-electron chi connectivity index (χ1n) is 5.18. The fourth-order valence-corrected chi connectivity index (χ4v) is 1.48. The number of nitrogen functional groups attached to an aromatic ring is 1. The van der Waals surface area contributed by atoms with E-state index in [1.54, 1.807) is 24.3 Å². The van der Waals surface area contributed by atoms with Gasteiger partial charge in [-0.25, -0.2) is 14.8 Å². The molecule has 1 heterocycles. The summed E-state index contributed by atoms with van der Waals surface area (Å²) in [5.41, 5.74) is 7.06. The summed E-state index contributed by atoms with van der Waals surface area (Å²) in [6, 6.07) is 6.93. The highest BCUT2D eigenvalue weighted by molar-refractivity contribution is 5.90. The van der Waals surface area contributed by atoms with Crippen LogP contribution in [-0.4, -0.2) is 26.2 Å². The molecular weight excluding hydrogens is 234 g/mol. The number of anilines is 1. The van der Waals surface area contributed by atoms with Gasteiger partial charge in [0.15, 0.2) is 11.5 Å². The van der Waals surface area contributed by atoms with Crippen LogP contribution in [0.3, 0.4) is 0 Å². The Bertz CT molecular complexity index is 582. The molecule has 0 aliphatic rings. The average molecular weight is 245 g/mol. The SMILES string of the molecule is Nc1ncc(-c2ccc(CO)cc2)nc1C(=O)O. The van der Waals surface area contributed by atoms with Gasteiger partial charge >= 0.3 is 5.97 Å². The van der Waals surface area contributed by atoms with Crippen LogP contribution in [0, 0.1) is 0 Å². The van der Waals surface area contributed by atoms with Gasteiger partial charge < -0.3 is 15.9 Å². The van der Waals surface area contributed by atoms with E-state index in [-0.39, 0.29) is 18.1 Å². The standard InChI is InChI=1S/C12H11N3O3/c13-11-10(12(17)18)15-9(5-14-11)8-3-1-7(6-16)2-4-8/h1-5,16H,6H2,(H2,13,14)(H,17,18). The third-order valence-electron chi connectivity index (χ3n) is 2.44. The number of hydrogen-bond donors (Lipinski definition) is 3. The van der Waals surface area contributed by atoms with E-state index >= 15 is 0 Å². The van der Waals surface area contributed by atoms with Crippen molar-refractivity contribution in [2.24, 2.45) is 0 Å². The lowest BCUT2D eigenvalue weighted by Gasteiger charge is -2.04. The Hall–Kier alpha value is -2.47. The molecule has 0 bridgehead atoms. The van der Waals surface area contributed by atoms with Crippen LogP contribution < -0.4 is 5.73 Å². The summed E-state index contributed by atoms with van der Waals surface area (Å²) in [5.74, 6) is -1.33. The van der Waals surface area contributed by atoms with Gasteiger partial charge in [-0.15, -0.1) is 0 Å². The van der Waals surface area contributed by atoms with Gasteiger partial charge in [-0.1, -0.05) is 24.3 Å². The third kappa shape index (κ3) is 2.28. The van der Waals surface area contributed by atoms with E-state index in [0.717, 1.165) is 5.56 Å². The van der Waals surface area contributed by atoms with Gasteiger partial charge in [-0.2, -0.15) is 0 Å². The third-order valence-corrected chi connectivity index (χ3v) is 2.44. The van der Waals surface area contributed by atoms with Gasteiger partial charge in [0.1, 0.15) is 0 Å². The number of nitrogens with two attached hydrogens (primary N) is 1. The van der Waals surface area contributed by atoms with Gasteiger partial charge in [0, 0.05) is 5.56 Å². The summed E-state index contributed by atoms with van der Waals surface area (Å²) in [6.45, 7) is -0.0475. The van der Waals surface area contributed by atoms with Crippen molar-refractivity contribution in [2.45, 2.75) is 6.61 Å². The summed E-state index contributed by atoms with van der Waals surface area (Å²) in [4.78, 5) is 18.6. The smallest absolute Gasteiger partial charge is 0.358 e. The highest BCUT2D eigenvalue weighted by atomic mass is 16.4. The second-order valence-corrected chi connectivity index (χ2v) is 3.65. The van der Waals surface area contributed by atoms with E-state index in [9.17, 15) is 4.79 Å². The molecule has 18 heavy (non-hydrogen) atoms. The van der Waals surface area contributed by atoms with Gasteiger partial charge in [-0.3, -0.25) is 0 Å². The van der Waals surface area contributed by atoms with Crippen LogP contribution >= 0.6 is 0 Å². The van der Waals surface area contributed by atoms with Crippen LogP contribution in [0.15, 0.2) is 30.5 Å². The van der Waals surface area contributed by atoms with Crippen molar-refractivity contribution in [1.82, 2.24) is 9.97 Å². The first-order chi connectivity index (χ1) is 8.61. The molecule has 0 spiro atoms. The molecular formula is C12H11N3O3. The lowest BCUT2D eigenvalue weighted by atomic mass is 10.1. The maximum atomic E-state index is 10.9. The number of rotatable bonds is 3. The fraction of sp³-hybridized carbons (Fsp3) is 0.0833. The number of carboxylic acids is 1. The number of carboxylic acid groups (broad SMARTS) is 1. The first-order valence-corrected chi connectivity index (χ1v) is 5.18. The maximum Gasteiger partial charge on any atom is 0.358 e. The predicted octanol–water partition coefficient (Wildman–Crippen LogP) is 0.916. The number of benzene rings is 1. The molecule has 4 N–H and O–H groups in total. The molecule has 0 aliphatic heterocycles. The van der Waals surface area contributed by atoms with E-state index < -0.39 is 5.97 Å². The van der Waals surface area contributed by atoms with Crippen LogP contribution in [0.4, 0.5) is 5.82 Å². The highest BCUT2D eigenvalue weighted by Crippen LogP contribution is 2.19. The maximum absolute atomic E-state index is 10.9. The van der Waals surface area contributed by atoms with E-state index in [1.165, 1.54) is 6.20 Å². The Morgan fingerprint density at radius 1 is 1.28 bits per heavy atom. The number of hydrogen-bond acceptors (Lipinski definition) is 5. The number of aliphatic hydroxyl groups excluding tert-OH is 1.